The van der Waals surface area contributed by atoms with Gasteiger partial charge in [-0.1, -0.05) is 20.8 Å². The normalized spacial score (nSPS) is 61.7. The van der Waals surface area contributed by atoms with E-state index in [-0.39, 0.29) is 11.8 Å². The van der Waals surface area contributed by atoms with E-state index in [0.29, 0.717) is 17.4 Å². The van der Waals surface area contributed by atoms with Gasteiger partial charge in [-0.15, -0.1) is 0 Å². The standard InChI is InChI=1S/C26H43NO2/c1-15-8-11-26(27-14-15)16(2)24-23(29-26)13-22-21-6-4-17-12-18(28)5-7-19(17)20(21)9-10-25(22,24)3/h15-24,27-28H,4-14H2,1-3H3/t15?,16?,17?,18-,19?,20?,21?,22?,23?,24?,25?,26?/m0/s1. The summed E-state index contributed by atoms with van der Waals surface area (Å²) in [6, 6.07) is 0. The largest absolute Gasteiger partial charge is 0.393 e. The maximum Gasteiger partial charge on any atom is 0.122 e. The van der Waals surface area contributed by atoms with Gasteiger partial charge in [0, 0.05) is 12.5 Å². The SMILES string of the molecule is CC1CCC2(NC1)OC1CC3C4CCC5C[C@@H](O)CCC5C4CCC3(C)C1C2C. The third-order valence-corrected chi connectivity index (χ3v) is 11.4. The number of aliphatic hydroxyl groups is 1. The molecule has 6 fully saturated rings. The fourth-order valence-electron chi connectivity index (χ4n) is 10.0. The molecule has 0 amide bonds. The summed E-state index contributed by atoms with van der Waals surface area (Å²) in [6.07, 6.45) is 13.4. The highest BCUT2D eigenvalue weighted by molar-refractivity contribution is 5.15. The predicted molar refractivity (Wildman–Crippen MR) is 115 cm³/mol. The Morgan fingerprint density at radius 3 is 2.52 bits per heavy atom. The van der Waals surface area contributed by atoms with Crippen LogP contribution in [0.25, 0.3) is 0 Å². The molecular formula is C26H43NO2. The lowest BCUT2D eigenvalue weighted by Crippen LogP contribution is -2.56. The topological polar surface area (TPSA) is 41.5 Å². The third-order valence-electron chi connectivity index (χ3n) is 11.4. The number of hydrogen-bond donors (Lipinski definition) is 2. The van der Waals surface area contributed by atoms with Crippen LogP contribution in [0, 0.1) is 52.8 Å². The zero-order valence-corrected chi connectivity index (χ0v) is 18.9. The Morgan fingerprint density at radius 2 is 1.72 bits per heavy atom. The minimum absolute atomic E-state index is 0.0105. The van der Waals surface area contributed by atoms with Gasteiger partial charge in [-0.05, 0) is 111 Å². The van der Waals surface area contributed by atoms with Gasteiger partial charge >= 0.3 is 0 Å². The minimum Gasteiger partial charge on any atom is -0.393 e. The van der Waals surface area contributed by atoms with Crippen LogP contribution in [0.4, 0.5) is 0 Å². The highest BCUT2D eigenvalue weighted by atomic mass is 16.5. The van der Waals surface area contributed by atoms with Crippen LogP contribution >= 0.6 is 0 Å². The third kappa shape index (κ3) is 2.72. The Bertz CT molecular complexity index is 643. The summed E-state index contributed by atoms with van der Waals surface area (Å²) in [5, 5.41) is 14.1. The molecule has 0 aromatic carbocycles. The van der Waals surface area contributed by atoms with Gasteiger partial charge < -0.3 is 9.84 Å². The molecule has 12 atom stereocenters. The molecule has 3 heteroatoms. The fraction of sp³-hybridized carbons (Fsp3) is 1.00. The zero-order valence-electron chi connectivity index (χ0n) is 18.9. The van der Waals surface area contributed by atoms with Crippen molar-refractivity contribution in [1.29, 1.82) is 0 Å². The van der Waals surface area contributed by atoms with E-state index in [1.165, 1.54) is 51.4 Å². The van der Waals surface area contributed by atoms with Gasteiger partial charge in [0.2, 0.25) is 0 Å². The number of hydrogen-bond acceptors (Lipinski definition) is 3. The zero-order chi connectivity index (χ0) is 20.0. The van der Waals surface area contributed by atoms with Crippen LogP contribution in [-0.4, -0.2) is 29.6 Å². The molecule has 6 rings (SSSR count). The molecule has 3 nitrogen and oxygen atoms in total. The fourth-order valence-corrected chi connectivity index (χ4v) is 10.0. The summed E-state index contributed by atoms with van der Waals surface area (Å²) in [5.41, 5.74) is 0.463. The van der Waals surface area contributed by atoms with E-state index < -0.39 is 0 Å². The Morgan fingerprint density at radius 1 is 0.897 bits per heavy atom. The van der Waals surface area contributed by atoms with Crippen molar-refractivity contribution in [3.8, 4) is 0 Å². The second-order valence-electron chi connectivity index (χ2n) is 12.6. The molecule has 0 aromatic rings. The van der Waals surface area contributed by atoms with Gasteiger partial charge in [0.15, 0.2) is 0 Å². The van der Waals surface area contributed by atoms with Crippen LogP contribution in [0.3, 0.4) is 0 Å². The van der Waals surface area contributed by atoms with Crippen LogP contribution in [0.1, 0.15) is 85.0 Å². The van der Waals surface area contributed by atoms with Crippen molar-refractivity contribution in [1.82, 2.24) is 5.32 Å². The predicted octanol–water partition coefficient (Wildman–Crippen LogP) is 4.98. The molecule has 6 aliphatic rings. The van der Waals surface area contributed by atoms with Gasteiger partial charge in [-0.2, -0.15) is 0 Å². The van der Waals surface area contributed by atoms with E-state index in [1.54, 1.807) is 0 Å². The Balaban J connectivity index is 1.24. The molecule has 0 aromatic heterocycles. The van der Waals surface area contributed by atoms with E-state index in [9.17, 15) is 5.11 Å². The summed E-state index contributed by atoms with van der Waals surface area (Å²) >= 11 is 0. The first-order valence-corrected chi connectivity index (χ1v) is 13.0. The molecule has 0 bridgehead atoms. The average Bonchev–Trinajstić information content (AvgIpc) is 3.15. The van der Waals surface area contributed by atoms with Gasteiger partial charge in [0.25, 0.3) is 0 Å². The number of piperidine rings is 1. The van der Waals surface area contributed by atoms with E-state index in [0.717, 1.165) is 60.8 Å². The summed E-state index contributed by atoms with van der Waals surface area (Å²) in [4.78, 5) is 0. The van der Waals surface area contributed by atoms with E-state index in [1.807, 2.05) is 0 Å². The first-order valence-electron chi connectivity index (χ1n) is 13.0. The van der Waals surface area contributed by atoms with Crippen molar-refractivity contribution < 1.29 is 9.84 Å². The monoisotopic (exact) mass is 401 g/mol. The molecule has 2 aliphatic heterocycles. The Kier molecular flexibility index (Phi) is 4.51. The van der Waals surface area contributed by atoms with Gasteiger partial charge in [-0.3, -0.25) is 5.32 Å². The molecular weight excluding hydrogens is 358 g/mol. The van der Waals surface area contributed by atoms with Crippen LogP contribution in [-0.2, 0) is 4.74 Å². The lowest BCUT2D eigenvalue weighted by atomic mass is 9.49. The van der Waals surface area contributed by atoms with Crippen LogP contribution in [0.5, 0.6) is 0 Å². The molecule has 2 heterocycles. The summed E-state index contributed by atoms with van der Waals surface area (Å²) < 4.78 is 6.99. The average molecular weight is 402 g/mol. The van der Waals surface area contributed by atoms with Crippen molar-refractivity contribution in [2.75, 3.05) is 6.54 Å². The van der Waals surface area contributed by atoms with Crippen molar-refractivity contribution in [2.24, 2.45) is 52.8 Å². The lowest BCUT2D eigenvalue weighted by molar-refractivity contribution is -0.119. The minimum atomic E-state index is -0.0240. The maximum absolute atomic E-state index is 10.2. The summed E-state index contributed by atoms with van der Waals surface area (Å²) in [5.74, 6) is 6.67. The van der Waals surface area contributed by atoms with Crippen LogP contribution in [0.15, 0.2) is 0 Å². The van der Waals surface area contributed by atoms with Crippen molar-refractivity contribution in [3.05, 3.63) is 0 Å². The molecule has 164 valence electrons. The molecule has 4 saturated carbocycles. The number of rotatable bonds is 0. The van der Waals surface area contributed by atoms with E-state index >= 15 is 0 Å². The Hall–Kier alpha value is -0.120. The van der Waals surface area contributed by atoms with Crippen LogP contribution < -0.4 is 5.32 Å². The Labute approximate surface area is 177 Å². The summed E-state index contributed by atoms with van der Waals surface area (Å²) in [6.45, 7) is 8.69. The first kappa shape index (κ1) is 19.6. The van der Waals surface area contributed by atoms with E-state index in [4.69, 9.17) is 4.74 Å². The number of aliphatic hydroxyl groups excluding tert-OH is 1. The summed E-state index contributed by atoms with van der Waals surface area (Å²) in [7, 11) is 0. The smallest absolute Gasteiger partial charge is 0.122 e. The van der Waals surface area contributed by atoms with Gasteiger partial charge in [0.05, 0.1) is 12.2 Å². The molecule has 11 unspecified atom stereocenters. The molecule has 4 aliphatic carbocycles. The van der Waals surface area contributed by atoms with Gasteiger partial charge in [-0.25, -0.2) is 0 Å². The number of fused-ring (bicyclic) bond motifs is 7. The second-order valence-corrected chi connectivity index (χ2v) is 12.6. The van der Waals surface area contributed by atoms with Crippen LogP contribution in [0.2, 0.25) is 0 Å². The highest BCUT2D eigenvalue weighted by Gasteiger charge is 2.67. The second kappa shape index (κ2) is 6.69. The van der Waals surface area contributed by atoms with Crippen molar-refractivity contribution >= 4 is 0 Å². The highest BCUT2D eigenvalue weighted by Crippen LogP contribution is 2.69. The van der Waals surface area contributed by atoms with Crippen molar-refractivity contribution in [2.45, 2.75) is 103 Å². The van der Waals surface area contributed by atoms with E-state index in [2.05, 4.69) is 26.1 Å². The van der Waals surface area contributed by atoms with Gasteiger partial charge in [0.1, 0.15) is 5.72 Å². The quantitative estimate of drug-likeness (QED) is 0.602. The molecule has 2 saturated heterocycles. The lowest BCUT2D eigenvalue weighted by Gasteiger charge is -2.57. The first-order chi connectivity index (χ1) is 13.9. The molecule has 0 radical (unpaired) electrons. The maximum atomic E-state index is 10.2. The van der Waals surface area contributed by atoms with Crippen molar-refractivity contribution in [3.63, 3.8) is 0 Å². The number of nitrogens with one attached hydrogen (secondary N) is 1. The number of ether oxygens (including phenoxy) is 1. The molecule has 29 heavy (non-hydrogen) atoms. The molecule has 2 N–H and O–H groups in total. The molecule has 1 spiro atoms.